The third-order valence-electron chi connectivity index (χ3n) is 4.03. The molecule has 8 heteroatoms. The van der Waals surface area contributed by atoms with E-state index < -0.39 is 39.8 Å². The summed E-state index contributed by atoms with van der Waals surface area (Å²) in [5, 5.41) is 0. The van der Waals surface area contributed by atoms with Gasteiger partial charge in [0, 0.05) is 0 Å². The molecule has 1 N–H and O–H groups in total. The van der Waals surface area contributed by atoms with E-state index in [1.807, 2.05) is 13.8 Å². The lowest BCUT2D eigenvalue weighted by molar-refractivity contribution is -0.180. The summed E-state index contributed by atoms with van der Waals surface area (Å²) in [4.78, 5) is 12.4. The summed E-state index contributed by atoms with van der Waals surface area (Å²) in [5.41, 5.74) is 0. The normalized spacial score (nSPS) is 16.2. The molecule has 0 saturated heterocycles. The van der Waals surface area contributed by atoms with E-state index in [2.05, 4.69) is 11.6 Å². The standard InChI is InChI=1S/C19H36F3NO3S/c1-7-8-9-10-11-12-15(17(24)26-13-14(2)3)16(19(20,21)22)23-27(25)18(4,5)6/h14-16,23H,7-13H2,1-6H3/t15-,16-,27-/m1/s1. The predicted molar refractivity (Wildman–Crippen MR) is 104 cm³/mol. The van der Waals surface area contributed by atoms with Crippen molar-refractivity contribution in [1.82, 2.24) is 4.72 Å². The average Bonchev–Trinajstić information content (AvgIpc) is 2.52. The minimum atomic E-state index is -4.70. The van der Waals surface area contributed by atoms with Crippen molar-refractivity contribution in [3.63, 3.8) is 0 Å². The lowest BCUT2D eigenvalue weighted by Crippen LogP contribution is -2.53. The Bertz CT molecular complexity index is 462. The van der Waals surface area contributed by atoms with Gasteiger partial charge in [0.1, 0.15) is 6.04 Å². The number of unbranched alkanes of at least 4 members (excludes halogenated alkanes) is 4. The molecule has 0 unspecified atom stereocenters. The third-order valence-corrected chi connectivity index (χ3v) is 5.61. The fourth-order valence-electron chi connectivity index (χ4n) is 2.41. The summed E-state index contributed by atoms with van der Waals surface area (Å²) in [6.45, 7) is 10.5. The van der Waals surface area contributed by atoms with Crippen LogP contribution in [0.25, 0.3) is 0 Å². The molecule has 0 spiro atoms. The molecule has 0 fully saturated rings. The van der Waals surface area contributed by atoms with Crippen molar-refractivity contribution >= 4 is 17.0 Å². The summed E-state index contributed by atoms with van der Waals surface area (Å²) in [6, 6.07) is -2.19. The zero-order chi connectivity index (χ0) is 21.3. The number of nitrogens with one attached hydrogen (secondary N) is 1. The summed E-state index contributed by atoms with van der Waals surface area (Å²) in [7, 11) is -1.95. The Morgan fingerprint density at radius 3 is 2.07 bits per heavy atom. The average molecular weight is 416 g/mol. The molecule has 0 bridgehead atoms. The second kappa shape index (κ2) is 12.0. The molecule has 0 aliphatic rings. The van der Waals surface area contributed by atoms with Gasteiger partial charge in [0.05, 0.1) is 28.3 Å². The Labute approximate surface area is 164 Å². The fourth-order valence-corrected chi connectivity index (χ4v) is 3.30. The Hall–Kier alpha value is -0.630. The molecule has 162 valence electrons. The van der Waals surface area contributed by atoms with Crippen LogP contribution in [0, 0.1) is 11.8 Å². The molecule has 0 radical (unpaired) electrons. The Morgan fingerprint density at radius 1 is 1.07 bits per heavy atom. The summed E-state index contributed by atoms with van der Waals surface area (Å²) in [6.07, 6.45) is -0.436. The van der Waals surface area contributed by atoms with Gasteiger partial charge in [-0.1, -0.05) is 52.9 Å². The van der Waals surface area contributed by atoms with E-state index in [9.17, 15) is 22.2 Å². The van der Waals surface area contributed by atoms with Crippen LogP contribution in [-0.4, -0.2) is 33.8 Å². The molecule has 0 aromatic carbocycles. The van der Waals surface area contributed by atoms with E-state index in [4.69, 9.17) is 4.74 Å². The van der Waals surface area contributed by atoms with Crippen LogP contribution in [-0.2, 0) is 20.5 Å². The summed E-state index contributed by atoms with van der Waals surface area (Å²) in [5.74, 6) is -2.25. The van der Waals surface area contributed by atoms with E-state index >= 15 is 0 Å². The van der Waals surface area contributed by atoms with Gasteiger partial charge in [-0.15, -0.1) is 0 Å². The van der Waals surface area contributed by atoms with Gasteiger partial charge in [-0.25, -0.2) is 8.93 Å². The lowest BCUT2D eigenvalue weighted by Gasteiger charge is -2.31. The quantitative estimate of drug-likeness (QED) is 0.354. The van der Waals surface area contributed by atoms with E-state index in [-0.39, 0.29) is 18.9 Å². The first-order valence-corrected chi connectivity index (χ1v) is 10.9. The van der Waals surface area contributed by atoms with Crippen LogP contribution >= 0.6 is 0 Å². The maximum absolute atomic E-state index is 13.7. The fraction of sp³-hybridized carbons (Fsp3) is 0.947. The molecule has 0 aromatic heterocycles. The van der Waals surface area contributed by atoms with Crippen molar-refractivity contribution in [2.24, 2.45) is 11.8 Å². The van der Waals surface area contributed by atoms with Crippen LogP contribution < -0.4 is 4.72 Å². The number of hydrogen-bond acceptors (Lipinski definition) is 3. The zero-order valence-corrected chi connectivity index (χ0v) is 18.3. The van der Waals surface area contributed by atoms with Crippen LogP contribution in [0.3, 0.4) is 0 Å². The van der Waals surface area contributed by atoms with E-state index in [0.29, 0.717) is 6.42 Å². The maximum atomic E-state index is 13.7. The first-order chi connectivity index (χ1) is 12.3. The van der Waals surface area contributed by atoms with Gasteiger partial charge in [0.2, 0.25) is 0 Å². The molecule has 0 saturated carbocycles. The van der Waals surface area contributed by atoms with Gasteiger partial charge < -0.3 is 4.74 Å². The minimum absolute atomic E-state index is 0.0279. The van der Waals surface area contributed by atoms with Crippen molar-refractivity contribution in [3.8, 4) is 0 Å². The van der Waals surface area contributed by atoms with Gasteiger partial charge in [-0.3, -0.25) is 4.79 Å². The van der Waals surface area contributed by atoms with Crippen LogP contribution in [0.2, 0.25) is 0 Å². The molecule has 0 rings (SSSR count). The number of hydrogen-bond donors (Lipinski definition) is 1. The summed E-state index contributed by atoms with van der Waals surface area (Å²) >= 11 is 0. The highest BCUT2D eigenvalue weighted by molar-refractivity contribution is 7.84. The molecule has 0 heterocycles. The van der Waals surface area contributed by atoms with Crippen LogP contribution in [0.15, 0.2) is 0 Å². The Kier molecular flexibility index (Phi) is 11.8. The second-order valence-electron chi connectivity index (χ2n) is 8.35. The number of esters is 1. The Morgan fingerprint density at radius 2 is 1.63 bits per heavy atom. The first-order valence-electron chi connectivity index (χ1n) is 9.72. The van der Waals surface area contributed by atoms with Crippen LogP contribution in [0.4, 0.5) is 13.2 Å². The van der Waals surface area contributed by atoms with E-state index in [0.717, 1.165) is 25.7 Å². The topological polar surface area (TPSA) is 55.4 Å². The molecule has 0 amide bonds. The van der Waals surface area contributed by atoms with E-state index in [1.165, 1.54) is 0 Å². The number of rotatable bonds is 12. The molecular formula is C19H36F3NO3S. The molecule has 4 nitrogen and oxygen atoms in total. The molecule has 3 atom stereocenters. The smallest absolute Gasteiger partial charge is 0.405 e. The van der Waals surface area contributed by atoms with Crippen molar-refractivity contribution in [3.05, 3.63) is 0 Å². The van der Waals surface area contributed by atoms with Gasteiger partial charge >= 0.3 is 12.1 Å². The summed E-state index contributed by atoms with van der Waals surface area (Å²) < 4.78 is 59.8. The molecule has 0 aliphatic heterocycles. The SMILES string of the molecule is CCCCCCC[C@@H](C(=O)OCC(C)C)[C@@H](N[S@](=O)C(C)(C)C)C(F)(F)F. The van der Waals surface area contributed by atoms with Crippen LogP contribution in [0.1, 0.15) is 80.1 Å². The van der Waals surface area contributed by atoms with Crippen LogP contribution in [0.5, 0.6) is 0 Å². The van der Waals surface area contributed by atoms with E-state index in [1.54, 1.807) is 20.8 Å². The number of carbonyl (C=O) groups is 1. The first kappa shape index (κ1) is 26.4. The van der Waals surface area contributed by atoms with Gasteiger partial charge in [0.15, 0.2) is 0 Å². The van der Waals surface area contributed by atoms with Crippen molar-refractivity contribution in [2.45, 2.75) is 97.0 Å². The minimum Gasteiger partial charge on any atom is -0.465 e. The third kappa shape index (κ3) is 11.1. The van der Waals surface area contributed by atoms with Gasteiger partial charge in [0.25, 0.3) is 0 Å². The van der Waals surface area contributed by atoms with Gasteiger partial charge in [-0.05, 0) is 33.1 Å². The molecule has 0 aromatic rings. The van der Waals surface area contributed by atoms with Crippen molar-refractivity contribution in [1.29, 1.82) is 0 Å². The lowest BCUT2D eigenvalue weighted by atomic mass is 9.93. The largest absolute Gasteiger partial charge is 0.465 e. The highest BCUT2D eigenvalue weighted by Crippen LogP contribution is 2.31. The highest BCUT2D eigenvalue weighted by atomic mass is 32.2. The monoisotopic (exact) mass is 415 g/mol. The number of carbonyl (C=O) groups excluding carboxylic acids is 1. The molecule has 27 heavy (non-hydrogen) atoms. The molecular weight excluding hydrogens is 379 g/mol. The predicted octanol–water partition coefficient (Wildman–Crippen LogP) is 5.15. The highest BCUT2D eigenvalue weighted by Gasteiger charge is 2.49. The molecule has 0 aliphatic carbocycles. The van der Waals surface area contributed by atoms with Crippen molar-refractivity contribution in [2.75, 3.05) is 6.61 Å². The second-order valence-corrected chi connectivity index (χ2v) is 10.3. The van der Waals surface area contributed by atoms with Crippen molar-refractivity contribution < 1.29 is 26.9 Å². The zero-order valence-electron chi connectivity index (χ0n) is 17.4. The number of ether oxygens (including phenoxy) is 1. The number of halogens is 3. The maximum Gasteiger partial charge on any atom is 0.405 e. The number of alkyl halides is 3. The van der Waals surface area contributed by atoms with Gasteiger partial charge in [-0.2, -0.15) is 13.2 Å². The Balaban J connectivity index is 5.36.